The summed E-state index contributed by atoms with van der Waals surface area (Å²) in [5, 5.41) is 2.01. The molecule has 0 aliphatic rings. The van der Waals surface area contributed by atoms with Gasteiger partial charge in [-0.1, -0.05) is 18.7 Å². The molecule has 104 valence electrons. The third-order valence-electron chi connectivity index (χ3n) is 1.91. The molecule has 0 aliphatic heterocycles. The van der Waals surface area contributed by atoms with Gasteiger partial charge in [-0.2, -0.15) is 0 Å². The van der Waals surface area contributed by atoms with E-state index >= 15 is 0 Å². The Morgan fingerprint density at radius 3 is 1.70 bits per heavy atom. The van der Waals surface area contributed by atoms with E-state index in [9.17, 15) is 4.79 Å². The van der Waals surface area contributed by atoms with Crippen LogP contribution in [0.4, 0.5) is 0 Å². The second-order valence-electron chi connectivity index (χ2n) is 3.65. The highest BCUT2D eigenvalue weighted by Crippen LogP contribution is 2.34. The molecule has 0 saturated heterocycles. The highest BCUT2D eigenvalue weighted by atomic mass is 33.1. The number of rotatable bonds is 4. The van der Waals surface area contributed by atoms with E-state index in [4.69, 9.17) is 5.73 Å². The van der Waals surface area contributed by atoms with E-state index in [2.05, 4.69) is 16.5 Å². The molecule has 2 N–H and O–H groups in total. The van der Waals surface area contributed by atoms with Gasteiger partial charge in [-0.15, -0.1) is 0 Å². The molecule has 0 bridgehead atoms. The van der Waals surface area contributed by atoms with E-state index in [1.165, 1.54) is 0 Å². The second kappa shape index (κ2) is 9.17. The first-order valence-electron chi connectivity index (χ1n) is 5.71. The maximum absolute atomic E-state index is 9.82. The van der Waals surface area contributed by atoms with Crippen LogP contribution in [0.3, 0.4) is 0 Å². The quantitative estimate of drug-likeness (QED) is 0.693. The van der Waals surface area contributed by atoms with Crippen LogP contribution in [0.25, 0.3) is 0 Å². The molecule has 0 spiro atoms. The number of carbonyl (C=O) groups is 1. The predicted molar refractivity (Wildman–Crippen MR) is 84.2 cm³/mol. The molecular formula is C14H15N3OS2. The van der Waals surface area contributed by atoms with Crippen molar-refractivity contribution in [2.24, 2.45) is 5.73 Å². The Morgan fingerprint density at radius 1 is 1.05 bits per heavy atom. The first kappa shape index (κ1) is 16.3. The minimum atomic E-state index is -0.435. The fraction of sp³-hybridized carbons (Fsp3) is 0.0714. The van der Waals surface area contributed by atoms with Gasteiger partial charge in [0.05, 0.1) is 0 Å². The summed E-state index contributed by atoms with van der Waals surface area (Å²) in [6.45, 7) is 4.85. The standard InChI is InChI=1S/C10H8N2S2.C4H7NO/c1-3-7-11-9(5-1)13-14-10-6-2-4-8-12-10;1-3(2)4(5)6/h1-8H;1H2,2H3,(H2,5,6). The van der Waals surface area contributed by atoms with Crippen molar-refractivity contribution in [1.29, 1.82) is 0 Å². The topological polar surface area (TPSA) is 68.9 Å². The van der Waals surface area contributed by atoms with E-state index in [0.29, 0.717) is 5.57 Å². The van der Waals surface area contributed by atoms with Gasteiger partial charge >= 0.3 is 0 Å². The summed E-state index contributed by atoms with van der Waals surface area (Å²) in [5.74, 6) is -0.435. The van der Waals surface area contributed by atoms with Gasteiger partial charge < -0.3 is 5.73 Å². The Bertz CT molecular complexity index is 495. The molecule has 2 aromatic heterocycles. The number of hydrogen-bond donors (Lipinski definition) is 1. The molecule has 0 radical (unpaired) electrons. The Morgan fingerprint density at radius 2 is 1.45 bits per heavy atom. The highest BCUT2D eigenvalue weighted by Gasteiger charge is 1.97. The zero-order valence-electron chi connectivity index (χ0n) is 11.0. The zero-order valence-corrected chi connectivity index (χ0v) is 12.7. The van der Waals surface area contributed by atoms with Crippen molar-refractivity contribution >= 4 is 27.5 Å². The van der Waals surface area contributed by atoms with E-state index < -0.39 is 5.91 Å². The van der Waals surface area contributed by atoms with Crippen molar-refractivity contribution < 1.29 is 4.79 Å². The molecule has 1 amide bonds. The van der Waals surface area contributed by atoms with Crippen LogP contribution in [0, 0.1) is 0 Å². The average Bonchev–Trinajstić information content (AvgIpc) is 2.48. The summed E-state index contributed by atoms with van der Waals surface area (Å²) in [5.41, 5.74) is 5.09. The second-order valence-corrected chi connectivity index (χ2v) is 5.82. The lowest BCUT2D eigenvalue weighted by Crippen LogP contribution is -2.10. The third-order valence-corrected chi connectivity index (χ3v) is 4.09. The Labute approximate surface area is 126 Å². The number of nitrogens with zero attached hydrogens (tertiary/aromatic N) is 2. The fourth-order valence-electron chi connectivity index (χ4n) is 0.878. The third kappa shape index (κ3) is 6.96. The summed E-state index contributed by atoms with van der Waals surface area (Å²) in [4.78, 5) is 18.2. The fourth-order valence-corrected chi connectivity index (χ4v) is 2.63. The van der Waals surface area contributed by atoms with Crippen LogP contribution < -0.4 is 5.73 Å². The van der Waals surface area contributed by atoms with Crippen molar-refractivity contribution in [3.8, 4) is 0 Å². The van der Waals surface area contributed by atoms with E-state index in [0.717, 1.165) is 10.1 Å². The van der Waals surface area contributed by atoms with Gasteiger partial charge in [0.2, 0.25) is 5.91 Å². The predicted octanol–water partition coefficient (Wildman–Crippen LogP) is 3.32. The Hall–Kier alpha value is -1.79. The lowest BCUT2D eigenvalue weighted by atomic mass is 10.3. The minimum absolute atomic E-state index is 0.398. The molecule has 0 saturated carbocycles. The van der Waals surface area contributed by atoms with Gasteiger partial charge in [-0.25, -0.2) is 9.97 Å². The van der Waals surface area contributed by atoms with Gasteiger partial charge in [0.1, 0.15) is 10.1 Å². The van der Waals surface area contributed by atoms with Crippen molar-refractivity contribution in [3.05, 3.63) is 60.9 Å². The molecule has 6 heteroatoms. The van der Waals surface area contributed by atoms with Crippen LogP contribution >= 0.6 is 21.6 Å². The Kier molecular flexibility index (Phi) is 7.46. The maximum Gasteiger partial charge on any atom is 0.243 e. The van der Waals surface area contributed by atoms with Crippen LogP contribution in [-0.4, -0.2) is 15.9 Å². The van der Waals surface area contributed by atoms with Crippen molar-refractivity contribution in [3.63, 3.8) is 0 Å². The summed E-state index contributed by atoms with van der Waals surface area (Å²) >= 11 is 0. The lowest BCUT2D eigenvalue weighted by molar-refractivity contribution is -0.114. The van der Waals surface area contributed by atoms with Gasteiger partial charge in [-0.3, -0.25) is 4.79 Å². The number of hydrogen-bond acceptors (Lipinski definition) is 5. The van der Waals surface area contributed by atoms with Crippen LogP contribution in [0.2, 0.25) is 0 Å². The number of carbonyl (C=O) groups excluding carboxylic acids is 1. The number of aromatic nitrogens is 2. The maximum atomic E-state index is 9.82. The molecule has 2 rings (SSSR count). The monoisotopic (exact) mass is 305 g/mol. The normalized spacial score (nSPS) is 9.25. The summed E-state index contributed by atoms with van der Waals surface area (Å²) in [6.07, 6.45) is 3.59. The molecular weight excluding hydrogens is 290 g/mol. The molecule has 0 aromatic carbocycles. The van der Waals surface area contributed by atoms with Crippen LogP contribution in [0.5, 0.6) is 0 Å². The molecule has 0 atom stereocenters. The van der Waals surface area contributed by atoms with Gasteiger partial charge in [0.25, 0.3) is 0 Å². The van der Waals surface area contributed by atoms with Crippen LogP contribution in [-0.2, 0) is 4.79 Å². The number of nitrogens with two attached hydrogens (primary N) is 1. The lowest BCUT2D eigenvalue weighted by Gasteiger charge is -1.97. The summed E-state index contributed by atoms with van der Waals surface area (Å²) < 4.78 is 0. The molecule has 4 nitrogen and oxygen atoms in total. The molecule has 0 aliphatic carbocycles. The van der Waals surface area contributed by atoms with Gasteiger partial charge in [0.15, 0.2) is 0 Å². The zero-order chi connectivity index (χ0) is 14.8. The molecule has 0 unspecified atom stereocenters. The van der Waals surface area contributed by atoms with Crippen molar-refractivity contribution in [1.82, 2.24) is 9.97 Å². The first-order valence-corrected chi connectivity index (χ1v) is 7.86. The van der Waals surface area contributed by atoms with Crippen LogP contribution in [0.15, 0.2) is 71.0 Å². The van der Waals surface area contributed by atoms with Gasteiger partial charge in [-0.05, 0) is 52.8 Å². The van der Waals surface area contributed by atoms with E-state index in [1.54, 1.807) is 40.9 Å². The Balaban J connectivity index is 0.000000286. The summed E-state index contributed by atoms with van der Waals surface area (Å²) in [7, 11) is 3.23. The number of pyridine rings is 2. The smallest absolute Gasteiger partial charge is 0.243 e. The molecule has 20 heavy (non-hydrogen) atoms. The first-order chi connectivity index (χ1) is 9.59. The van der Waals surface area contributed by atoms with E-state index in [-0.39, 0.29) is 0 Å². The minimum Gasteiger partial charge on any atom is -0.366 e. The number of amides is 1. The molecule has 0 fully saturated rings. The molecule has 2 aromatic rings. The largest absolute Gasteiger partial charge is 0.366 e. The van der Waals surface area contributed by atoms with E-state index in [1.807, 2.05) is 36.4 Å². The number of primary amides is 1. The van der Waals surface area contributed by atoms with Crippen molar-refractivity contribution in [2.45, 2.75) is 17.0 Å². The summed E-state index contributed by atoms with van der Waals surface area (Å²) in [6, 6.07) is 11.8. The van der Waals surface area contributed by atoms with Crippen molar-refractivity contribution in [2.75, 3.05) is 0 Å². The average molecular weight is 305 g/mol. The SMILES string of the molecule is C=C(C)C(N)=O.c1ccc(SSc2ccccn2)nc1. The van der Waals surface area contributed by atoms with Gasteiger partial charge in [0, 0.05) is 18.0 Å². The van der Waals surface area contributed by atoms with Crippen LogP contribution in [0.1, 0.15) is 6.92 Å². The highest BCUT2D eigenvalue weighted by molar-refractivity contribution is 8.76. The molecule has 2 heterocycles.